The van der Waals surface area contributed by atoms with Crippen molar-refractivity contribution in [2.45, 2.75) is 29.9 Å². The quantitative estimate of drug-likeness (QED) is 0.725. The zero-order valence-corrected chi connectivity index (χ0v) is 16.3. The molecule has 0 fully saturated rings. The molecule has 0 radical (unpaired) electrons. The number of aliphatic hydroxyl groups excluding tert-OH is 1. The van der Waals surface area contributed by atoms with E-state index >= 15 is 0 Å². The predicted molar refractivity (Wildman–Crippen MR) is 95.2 cm³/mol. The highest BCUT2D eigenvalue weighted by atomic mass is 32.2. The Bertz CT molecular complexity index is 1190. The molecule has 0 heterocycles. The van der Waals surface area contributed by atoms with Crippen molar-refractivity contribution in [3.05, 3.63) is 52.8 Å². The highest BCUT2D eigenvalue weighted by molar-refractivity contribution is 7.90. The van der Waals surface area contributed by atoms with Crippen LogP contribution in [-0.2, 0) is 19.4 Å². The Kier molecular flexibility index (Phi) is 5.26. The van der Waals surface area contributed by atoms with E-state index in [1.807, 2.05) is 0 Å². The molecule has 2 aromatic carbocycles. The van der Waals surface area contributed by atoms with E-state index in [-0.39, 0.29) is 11.3 Å². The number of ether oxygens (including phenoxy) is 2. The summed E-state index contributed by atoms with van der Waals surface area (Å²) < 4.78 is 77.5. The van der Waals surface area contributed by atoms with Gasteiger partial charge in [-0.3, -0.25) is 4.79 Å². The van der Waals surface area contributed by atoms with E-state index in [1.54, 1.807) is 6.07 Å². The lowest BCUT2D eigenvalue weighted by Gasteiger charge is -2.22. The highest BCUT2D eigenvalue weighted by Crippen LogP contribution is 2.57. The molecule has 11 heteroatoms. The number of hydrogen-bond acceptors (Lipinski definition) is 7. The molecule has 0 amide bonds. The molecule has 3 rings (SSSR count). The molecule has 158 valence electrons. The molecular weight excluding hydrogens is 427 g/mol. The van der Waals surface area contributed by atoms with E-state index in [0.29, 0.717) is 0 Å². The van der Waals surface area contributed by atoms with Gasteiger partial charge >= 0.3 is 11.9 Å². The summed E-state index contributed by atoms with van der Waals surface area (Å²) >= 11 is 0. The van der Waals surface area contributed by atoms with Crippen molar-refractivity contribution in [3.63, 3.8) is 0 Å². The molecule has 30 heavy (non-hydrogen) atoms. The Balaban J connectivity index is 2.25. The van der Waals surface area contributed by atoms with Crippen molar-refractivity contribution in [2.24, 2.45) is 0 Å². The largest absolute Gasteiger partial charge is 0.457 e. The minimum Gasteiger partial charge on any atom is -0.457 e. The molecule has 2 atom stereocenters. The smallest absolute Gasteiger partial charge is 0.317 e. The van der Waals surface area contributed by atoms with Gasteiger partial charge in [0.1, 0.15) is 17.3 Å². The number of sulfone groups is 1. The van der Waals surface area contributed by atoms with E-state index < -0.39 is 61.5 Å². The number of alkyl halides is 2. The number of halogens is 3. The average Bonchev–Trinajstić information content (AvgIpc) is 2.81. The summed E-state index contributed by atoms with van der Waals surface area (Å²) in [6.45, 7) is 0.858. The molecule has 2 unspecified atom stereocenters. The van der Waals surface area contributed by atoms with Crippen LogP contribution in [0, 0.1) is 17.1 Å². The van der Waals surface area contributed by atoms with Crippen LogP contribution in [0.5, 0.6) is 11.5 Å². The molecular formula is C19H14F3NO6S. The fraction of sp³-hybridized carbons (Fsp3) is 0.263. The second-order valence-electron chi connectivity index (χ2n) is 6.62. The van der Waals surface area contributed by atoms with Crippen LogP contribution in [0.15, 0.2) is 35.2 Å². The van der Waals surface area contributed by atoms with Crippen LogP contribution in [0.1, 0.15) is 35.8 Å². The van der Waals surface area contributed by atoms with Crippen LogP contribution >= 0.6 is 0 Å². The van der Waals surface area contributed by atoms with Gasteiger partial charge in [-0.2, -0.15) is 14.0 Å². The van der Waals surface area contributed by atoms with Crippen molar-refractivity contribution in [1.29, 1.82) is 5.26 Å². The standard InChI is InChI=1S/C19H14F3NO6S/c1-9(24)28-18-16-14(30(2,26)27)4-3-13(15(16)17(25)19(18,21)22)29-12-6-10(8-23)5-11(20)7-12/h3-7,17-18,25H,1-2H3. The molecule has 1 aliphatic rings. The summed E-state index contributed by atoms with van der Waals surface area (Å²) in [6.07, 6.45) is -4.18. The van der Waals surface area contributed by atoms with Crippen molar-refractivity contribution in [1.82, 2.24) is 0 Å². The first kappa shape index (κ1) is 21.6. The Labute approximate surface area is 169 Å². The van der Waals surface area contributed by atoms with Gasteiger partial charge in [0.25, 0.3) is 0 Å². The average molecular weight is 441 g/mol. The number of nitrogens with zero attached hydrogens (tertiary/aromatic N) is 1. The molecule has 0 spiro atoms. The van der Waals surface area contributed by atoms with Crippen molar-refractivity contribution < 1.29 is 41.0 Å². The number of benzene rings is 2. The van der Waals surface area contributed by atoms with Crippen LogP contribution in [0.2, 0.25) is 0 Å². The highest BCUT2D eigenvalue weighted by Gasteiger charge is 2.60. The number of aliphatic hydroxyl groups is 1. The van der Waals surface area contributed by atoms with E-state index in [4.69, 9.17) is 10.00 Å². The Morgan fingerprint density at radius 1 is 1.23 bits per heavy atom. The van der Waals surface area contributed by atoms with Crippen LogP contribution in [-0.4, -0.2) is 31.7 Å². The lowest BCUT2D eigenvalue weighted by atomic mass is 10.1. The van der Waals surface area contributed by atoms with Crippen LogP contribution in [0.25, 0.3) is 0 Å². The lowest BCUT2D eigenvalue weighted by molar-refractivity contribution is -0.193. The third kappa shape index (κ3) is 3.71. The van der Waals surface area contributed by atoms with Gasteiger partial charge in [0.05, 0.1) is 16.5 Å². The van der Waals surface area contributed by atoms with Gasteiger partial charge in [0.15, 0.2) is 22.0 Å². The first-order valence-corrected chi connectivity index (χ1v) is 10.2. The van der Waals surface area contributed by atoms with Crippen LogP contribution in [0.3, 0.4) is 0 Å². The maximum absolute atomic E-state index is 14.7. The molecule has 0 saturated carbocycles. The fourth-order valence-corrected chi connectivity index (χ4v) is 4.14. The van der Waals surface area contributed by atoms with Crippen molar-refractivity contribution in [2.75, 3.05) is 6.26 Å². The van der Waals surface area contributed by atoms with Crippen molar-refractivity contribution >= 4 is 15.8 Å². The Morgan fingerprint density at radius 2 is 1.90 bits per heavy atom. The third-order valence-electron chi connectivity index (χ3n) is 4.37. The number of esters is 1. The summed E-state index contributed by atoms with van der Waals surface area (Å²) in [4.78, 5) is 10.8. The topological polar surface area (TPSA) is 114 Å². The lowest BCUT2D eigenvalue weighted by Crippen LogP contribution is -2.30. The van der Waals surface area contributed by atoms with Gasteiger partial charge < -0.3 is 14.6 Å². The number of carbonyl (C=O) groups is 1. The molecule has 0 aliphatic heterocycles. The zero-order valence-electron chi connectivity index (χ0n) is 15.5. The maximum Gasteiger partial charge on any atom is 0.317 e. The van der Waals surface area contributed by atoms with Gasteiger partial charge in [-0.1, -0.05) is 0 Å². The number of fused-ring (bicyclic) bond motifs is 1. The van der Waals surface area contributed by atoms with E-state index in [0.717, 1.165) is 43.5 Å². The van der Waals surface area contributed by atoms with Crippen molar-refractivity contribution in [3.8, 4) is 17.6 Å². The van der Waals surface area contributed by atoms with Crippen LogP contribution in [0.4, 0.5) is 13.2 Å². The minimum atomic E-state index is -4.07. The molecule has 7 nitrogen and oxygen atoms in total. The minimum absolute atomic E-state index is 0.113. The van der Waals surface area contributed by atoms with E-state index in [2.05, 4.69) is 4.74 Å². The summed E-state index contributed by atoms with van der Waals surface area (Å²) in [5.41, 5.74) is -1.35. The molecule has 0 aromatic heterocycles. The summed E-state index contributed by atoms with van der Waals surface area (Å²) in [7, 11) is -4.07. The molecule has 1 N–H and O–H groups in total. The monoisotopic (exact) mass is 441 g/mol. The molecule has 0 saturated heterocycles. The molecule has 0 bridgehead atoms. The summed E-state index contributed by atoms with van der Waals surface area (Å²) in [6, 6.07) is 6.60. The van der Waals surface area contributed by atoms with Gasteiger partial charge in [0.2, 0.25) is 0 Å². The van der Waals surface area contributed by atoms with Crippen LogP contribution < -0.4 is 4.74 Å². The van der Waals surface area contributed by atoms with Gasteiger partial charge in [-0.15, -0.1) is 0 Å². The van der Waals surface area contributed by atoms with Gasteiger partial charge in [0, 0.05) is 30.4 Å². The summed E-state index contributed by atoms with van der Waals surface area (Å²) in [5, 5.41) is 19.2. The Hall–Kier alpha value is -3.10. The Morgan fingerprint density at radius 3 is 2.47 bits per heavy atom. The SMILES string of the molecule is CC(=O)OC1c2c(S(C)(=O)=O)ccc(Oc3cc(F)cc(C#N)c3)c2C(O)C1(F)F. The van der Waals surface area contributed by atoms with E-state index in [1.165, 1.54) is 0 Å². The predicted octanol–water partition coefficient (Wildman–Crippen LogP) is 3.18. The second-order valence-corrected chi connectivity index (χ2v) is 8.60. The number of carbonyl (C=O) groups excluding carboxylic acids is 1. The second kappa shape index (κ2) is 7.30. The first-order chi connectivity index (χ1) is 13.9. The maximum atomic E-state index is 14.7. The fourth-order valence-electron chi connectivity index (χ4n) is 3.21. The zero-order chi connectivity index (χ0) is 22.4. The number of rotatable bonds is 4. The summed E-state index contributed by atoms with van der Waals surface area (Å²) in [5.74, 6) is -6.67. The molecule has 2 aromatic rings. The van der Waals surface area contributed by atoms with Gasteiger partial charge in [-0.05, 0) is 24.3 Å². The first-order valence-electron chi connectivity index (χ1n) is 8.34. The van der Waals surface area contributed by atoms with E-state index in [9.17, 15) is 31.5 Å². The normalized spacial score (nSPS) is 19.6. The number of hydrogen-bond donors (Lipinski definition) is 1. The molecule has 1 aliphatic carbocycles. The number of nitriles is 1. The third-order valence-corrected chi connectivity index (χ3v) is 5.52. The van der Waals surface area contributed by atoms with Gasteiger partial charge in [-0.25, -0.2) is 12.8 Å².